The molecule has 0 bridgehead atoms. The van der Waals surface area contributed by atoms with Crippen LogP contribution >= 0.6 is 0 Å². The topological polar surface area (TPSA) is 73.4 Å². The highest BCUT2D eigenvalue weighted by molar-refractivity contribution is 5.81. The summed E-state index contributed by atoms with van der Waals surface area (Å²) in [4.78, 5) is 14.1. The van der Waals surface area contributed by atoms with Gasteiger partial charge in [0.2, 0.25) is 5.91 Å². The fraction of sp³-hybridized carbons (Fsp3) is 0.600. The molecule has 1 amide bonds. The number of para-hydroxylation sites is 1. The largest absolute Gasteiger partial charge is 0.377 e. The Morgan fingerprint density at radius 1 is 1.27 bits per heavy atom. The third-order valence-electron chi connectivity index (χ3n) is 6.01. The molecule has 140 valence electrons. The summed E-state index contributed by atoms with van der Waals surface area (Å²) in [7, 11) is 0. The molecule has 0 unspecified atom stereocenters. The van der Waals surface area contributed by atoms with Crippen LogP contribution in [0.25, 0.3) is 10.9 Å². The first kappa shape index (κ1) is 17.5. The predicted octanol–water partition coefficient (Wildman–Crippen LogP) is 2.16. The number of aromatic nitrogens is 2. The van der Waals surface area contributed by atoms with Crippen molar-refractivity contribution in [2.45, 2.75) is 45.4 Å². The van der Waals surface area contributed by atoms with Gasteiger partial charge in [0.1, 0.15) is 0 Å². The van der Waals surface area contributed by atoms with E-state index in [1.807, 2.05) is 0 Å². The van der Waals surface area contributed by atoms with E-state index in [1.54, 1.807) is 0 Å². The van der Waals surface area contributed by atoms with E-state index >= 15 is 0 Å². The molecule has 2 N–H and O–H groups in total. The molecule has 6 heteroatoms. The van der Waals surface area contributed by atoms with Gasteiger partial charge in [-0.05, 0) is 51.3 Å². The first-order valence-electron chi connectivity index (χ1n) is 9.75. The van der Waals surface area contributed by atoms with Gasteiger partial charge in [0.15, 0.2) is 0 Å². The molecule has 2 atom stereocenters. The Labute approximate surface area is 154 Å². The minimum absolute atomic E-state index is 0.0229. The summed E-state index contributed by atoms with van der Waals surface area (Å²) in [5, 5.41) is 6.08. The van der Waals surface area contributed by atoms with Crippen molar-refractivity contribution in [2.24, 2.45) is 17.6 Å². The van der Waals surface area contributed by atoms with E-state index in [4.69, 9.17) is 15.6 Å². The normalized spacial score (nSPS) is 25.1. The number of fused-ring (bicyclic) bond motifs is 1. The molecule has 0 radical (unpaired) electrons. The van der Waals surface area contributed by atoms with Gasteiger partial charge in [-0.2, -0.15) is 5.10 Å². The number of aryl methyl sites for hydroxylation is 1. The van der Waals surface area contributed by atoms with Crippen LogP contribution in [0.5, 0.6) is 0 Å². The second kappa shape index (κ2) is 7.37. The zero-order valence-electron chi connectivity index (χ0n) is 15.4. The summed E-state index contributed by atoms with van der Waals surface area (Å²) in [5.41, 5.74) is 7.92. The smallest absolute Gasteiger partial charge is 0.223 e. The van der Waals surface area contributed by atoms with Crippen LogP contribution in [0.1, 0.15) is 31.9 Å². The second-order valence-corrected chi connectivity index (χ2v) is 7.53. The molecule has 0 spiro atoms. The van der Waals surface area contributed by atoms with E-state index < -0.39 is 0 Å². The Morgan fingerprint density at radius 2 is 2.04 bits per heavy atom. The molecule has 2 aliphatic rings. The van der Waals surface area contributed by atoms with Crippen LogP contribution in [0.4, 0.5) is 0 Å². The minimum Gasteiger partial charge on any atom is -0.377 e. The molecule has 26 heavy (non-hydrogen) atoms. The summed E-state index contributed by atoms with van der Waals surface area (Å²) in [6, 6.07) is 8.47. The SMILES string of the molecule is CCn1nc(CN2CCC([C@H]3OCC[C@@H]3C(N)=O)CC2)c2ccccc21. The number of piperidine rings is 1. The quantitative estimate of drug-likeness (QED) is 0.891. The van der Waals surface area contributed by atoms with Gasteiger partial charge in [0.05, 0.1) is 23.2 Å². The molecule has 1 aromatic carbocycles. The Kier molecular flexibility index (Phi) is 4.96. The molecular formula is C20H28N4O2. The van der Waals surface area contributed by atoms with Crippen molar-refractivity contribution >= 4 is 16.8 Å². The van der Waals surface area contributed by atoms with Gasteiger partial charge in [-0.25, -0.2) is 0 Å². The highest BCUT2D eigenvalue weighted by Gasteiger charge is 2.39. The first-order chi connectivity index (χ1) is 12.7. The summed E-state index contributed by atoms with van der Waals surface area (Å²) in [6.07, 6.45) is 2.91. The molecule has 1 aromatic heterocycles. The molecule has 2 aliphatic heterocycles. The average Bonchev–Trinajstić information content (AvgIpc) is 3.28. The van der Waals surface area contributed by atoms with Gasteiger partial charge in [0.25, 0.3) is 0 Å². The maximum absolute atomic E-state index is 11.6. The van der Waals surface area contributed by atoms with E-state index in [-0.39, 0.29) is 17.9 Å². The number of likely N-dealkylation sites (tertiary alicyclic amines) is 1. The Hall–Kier alpha value is -1.92. The predicted molar refractivity (Wildman–Crippen MR) is 100 cm³/mol. The molecule has 0 aliphatic carbocycles. The number of hydrogen-bond acceptors (Lipinski definition) is 4. The van der Waals surface area contributed by atoms with Crippen LogP contribution < -0.4 is 5.73 Å². The molecule has 2 saturated heterocycles. The fourth-order valence-electron chi connectivity index (χ4n) is 4.59. The van der Waals surface area contributed by atoms with Crippen LogP contribution in [-0.2, 0) is 22.6 Å². The molecule has 2 aromatic rings. The van der Waals surface area contributed by atoms with Crippen molar-refractivity contribution in [3.05, 3.63) is 30.0 Å². The van der Waals surface area contributed by atoms with E-state index in [2.05, 4.69) is 40.8 Å². The summed E-state index contributed by atoms with van der Waals surface area (Å²) >= 11 is 0. The van der Waals surface area contributed by atoms with Gasteiger partial charge in [-0.1, -0.05) is 18.2 Å². The lowest BCUT2D eigenvalue weighted by molar-refractivity contribution is -0.124. The molecule has 2 fully saturated rings. The number of carbonyl (C=O) groups is 1. The molecule has 0 saturated carbocycles. The first-order valence-corrected chi connectivity index (χ1v) is 9.75. The van der Waals surface area contributed by atoms with Crippen molar-refractivity contribution in [3.63, 3.8) is 0 Å². The van der Waals surface area contributed by atoms with Gasteiger partial charge >= 0.3 is 0 Å². The lowest BCUT2D eigenvalue weighted by Crippen LogP contribution is -2.42. The monoisotopic (exact) mass is 356 g/mol. The van der Waals surface area contributed by atoms with Crippen molar-refractivity contribution in [3.8, 4) is 0 Å². The van der Waals surface area contributed by atoms with Crippen LogP contribution in [-0.4, -0.2) is 46.4 Å². The number of carbonyl (C=O) groups excluding carboxylic acids is 1. The number of primary amides is 1. The van der Waals surface area contributed by atoms with Gasteiger partial charge in [0, 0.05) is 25.1 Å². The number of amides is 1. The lowest BCUT2D eigenvalue weighted by Gasteiger charge is -2.35. The Bertz CT molecular complexity index is 779. The highest BCUT2D eigenvalue weighted by atomic mass is 16.5. The summed E-state index contributed by atoms with van der Waals surface area (Å²) in [5.74, 6) is 0.137. The van der Waals surface area contributed by atoms with Crippen LogP contribution in [0.3, 0.4) is 0 Å². The summed E-state index contributed by atoms with van der Waals surface area (Å²) in [6.45, 7) is 6.60. The van der Waals surface area contributed by atoms with Gasteiger partial charge in [-0.15, -0.1) is 0 Å². The number of rotatable bonds is 5. The second-order valence-electron chi connectivity index (χ2n) is 7.53. The zero-order valence-corrected chi connectivity index (χ0v) is 15.4. The number of nitrogens with two attached hydrogens (primary N) is 1. The molecule has 4 rings (SSSR count). The van der Waals surface area contributed by atoms with Crippen molar-refractivity contribution in [2.75, 3.05) is 19.7 Å². The van der Waals surface area contributed by atoms with E-state index in [0.29, 0.717) is 12.5 Å². The Morgan fingerprint density at radius 3 is 2.77 bits per heavy atom. The maximum Gasteiger partial charge on any atom is 0.223 e. The number of hydrogen-bond donors (Lipinski definition) is 1. The van der Waals surface area contributed by atoms with Gasteiger partial charge in [-0.3, -0.25) is 14.4 Å². The van der Waals surface area contributed by atoms with Gasteiger partial charge < -0.3 is 10.5 Å². The van der Waals surface area contributed by atoms with Crippen molar-refractivity contribution in [1.82, 2.24) is 14.7 Å². The number of nitrogens with zero attached hydrogens (tertiary/aromatic N) is 3. The Balaban J connectivity index is 1.41. The molecular weight excluding hydrogens is 328 g/mol. The molecule has 3 heterocycles. The van der Waals surface area contributed by atoms with Crippen molar-refractivity contribution < 1.29 is 9.53 Å². The summed E-state index contributed by atoms with van der Waals surface area (Å²) < 4.78 is 7.94. The fourth-order valence-corrected chi connectivity index (χ4v) is 4.59. The van der Waals surface area contributed by atoms with Crippen LogP contribution in [0, 0.1) is 11.8 Å². The number of benzene rings is 1. The van der Waals surface area contributed by atoms with Crippen LogP contribution in [0.2, 0.25) is 0 Å². The van der Waals surface area contributed by atoms with Crippen LogP contribution in [0.15, 0.2) is 24.3 Å². The molecule has 6 nitrogen and oxygen atoms in total. The number of ether oxygens (including phenoxy) is 1. The van der Waals surface area contributed by atoms with Crippen molar-refractivity contribution in [1.29, 1.82) is 0 Å². The zero-order chi connectivity index (χ0) is 18.1. The van der Waals surface area contributed by atoms with E-state index in [9.17, 15) is 4.79 Å². The van der Waals surface area contributed by atoms with E-state index in [1.165, 1.54) is 10.9 Å². The lowest BCUT2D eigenvalue weighted by atomic mass is 9.84. The average molecular weight is 356 g/mol. The minimum atomic E-state index is -0.202. The third-order valence-corrected chi connectivity index (χ3v) is 6.01. The maximum atomic E-state index is 11.6. The third kappa shape index (κ3) is 3.23. The highest BCUT2D eigenvalue weighted by Crippen LogP contribution is 2.33. The van der Waals surface area contributed by atoms with E-state index in [0.717, 1.165) is 51.1 Å². The standard InChI is InChI=1S/C20H28N4O2/c1-2-24-18-6-4-3-5-15(18)17(22-24)13-23-10-7-14(8-11-23)19-16(20(21)25)9-12-26-19/h3-6,14,16,19H,2,7-13H2,1H3,(H2,21,25)/t16-,19+/m0/s1.